The van der Waals surface area contributed by atoms with Crippen LogP contribution in [0.3, 0.4) is 0 Å². The van der Waals surface area contributed by atoms with Crippen molar-refractivity contribution in [3.63, 3.8) is 0 Å². The molecule has 4 heterocycles. The van der Waals surface area contributed by atoms with Gasteiger partial charge in [-0.05, 0) is 33.8 Å². The highest BCUT2D eigenvalue weighted by Gasteiger charge is 2.33. The molecule has 1 unspecified atom stereocenters. The first-order valence-electron chi connectivity index (χ1n) is 12.5. The van der Waals surface area contributed by atoms with Crippen molar-refractivity contribution in [1.29, 1.82) is 0 Å². The maximum atomic E-state index is 12.8. The predicted octanol–water partition coefficient (Wildman–Crippen LogP) is 3.91. The number of hydrogen-bond donors (Lipinski definition) is 0. The van der Waals surface area contributed by atoms with Crippen molar-refractivity contribution < 1.29 is 19.1 Å². The number of pyridine rings is 1. The molecule has 1 aliphatic heterocycles. The van der Waals surface area contributed by atoms with Gasteiger partial charge in [-0.1, -0.05) is 11.6 Å². The molecule has 0 N–H and O–H groups in total. The van der Waals surface area contributed by atoms with Crippen molar-refractivity contribution in [2.24, 2.45) is 0 Å². The molecule has 38 heavy (non-hydrogen) atoms. The van der Waals surface area contributed by atoms with E-state index in [0.717, 1.165) is 0 Å². The SMILES string of the molecule is COCCN(C(C)=O)c1cn(-c2cc(Cl)ccn2)c2ncnc(N3CCN(C(=O)OC(C)(C)C)CC3C)c12. The number of rotatable bonds is 6. The van der Waals surface area contributed by atoms with Crippen LogP contribution in [-0.4, -0.2) is 88.0 Å². The van der Waals surface area contributed by atoms with Crippen LogP contribution in [0, 0.1) is 0 Å². The fourth-order valence-corrected chi connectivity index (χ4v) is 4.70. The van der Waals surface area contributed by atoms with Crippen molar-refractivity contribution in [2.75, 3.05) is 49.7 Å². The molecule has 3 aromatic rings. The van der Waals surface area contributed by atoms with Gasteiger partial charge < -0.3 is 24.2 Å². The second-order valence-electron chi connectivity index (χ2n) is 10.2. The van der Waals surface area contributed by atoms with Crippen LogP contribution in [0.25, 0.3) is 16.9 Å². The zero-order valence-corrected chi connectivity index (χ0v) is 23.4. The number of methoxy groups -OCH3 is 1. The van der Waals surface area contributed by atoms with Crippen LogP contribution in [0.1, 0.15) is 34.6 Å². The highest BCUT2D eigenvalue weighted by Crippen LogP contribution is 2.37. The van der Waals surface area contributed by atoms with E-state index in [1.165, 1.54) is 13.3 Å². The lowest BCUT2D eigenvalue weighted by Crippen LogP contribution is -2.55. The fraction of sp³-hybridized carbons (Fsp3) is 0.500. The van der Waals surface area contributed by atoms with Crippen LogP contribution in [-0.2, 0) is 14.3 Å². The molecule has 1 saturated heterocycles. The molecule has 204 valence electrons. The highest BCUT2D eigenvalue weighted by molar-refractivity contribution is 6.30. The molecule has 0 aromatic carbocycles. The Hall–Kier alpha value is -3.44. The molecule has 0 bridgehead atoms. The van der Waals surface area contributed by atoms with Crippen LogP contribution in [0.15, 0.2) is 30.9 Å². The summed E-state index contributed by atoms with van der Waals surface area (Å²) in [5, 5.41) is 1.24. The molecule has 0 aliphatic carbocycles. The van der Waals surface area contributed by atoms with E-state index < -0.39 is 5.60 Å². The maximum Gasteiger partial charge on any atom is 0.410 e. The van der Waals surface area contributed by atoms with E-state index in [0.29, 0.717) is 66.2 Å². The number of piperazine rings is 1. The summed E-state index contributed by atoms with van der Waals surface area (Å²) in [7, 11) is 1.60. The summed E-state index contributed by atoms with van der Waals surface area (Å²) in [5.41, 5.74) is 0.662. The molecule has 11 nitrogen and oxygen atoms in total. The first-order valence-corrected chi connectivity index (χ1v) is 12.9. The zero-order chi connectivity index (χ0) is 27.6. The third-order valence-electron chi connectivity index (χ3n) is 6.24. The molecule has 4 rings (SSSR count). The van der Waals surface area contributed by atoms with Gasteiger partial charge in [0.15, 0.2) is 5.65 Å². The van der Waals surface area contributed by atoms with Crippen LogP contribution >= 0.6 is 11.6 Å². The Kier molecular flexibility index (Phi) is 8.08. The molecular weight excluding hydrogens is 510 g/mol. The number of fused-ring (bicyclic) bond motifs is 1. The number of anilines is 2. The molecule has 12 heteroatoms. The third kappa shape index (κ3) is 5.83. The number of ether oxygens (including phenoxy) is 2. The van der Waals surface area contributed by atoms with E-state index in [1.807, 2.05) is 38.5 Å². The monoisotopic (exact) mass is 543 g/mol. The highest BCUT2D eigenvalue weighted by atomic mass is 35.5. The summed E-state index contributed by atoms with van der Waals surface area (Å²) in [6.07, 6.45) is 4.62. The van der Waals surface area contributed by atoms with Crippen molar-refractivity contribution in [2.45, 2.75) is 46.3 Å². The van der Waals surface area contributed by atoms with Gasteiger partial charge >= 0.3 is 6.09 Å². The summed E-state index contributed by atoms with van der Waals surface area (Å²) >= 11 is 6.27. The molecule has 1 aliphatic rings. The van der Waals surface area contributed by atoms with Crippen LogP contribution < -0.4 is 9.80 Å². The van der Waals surface area contributed by atoms with Gasteiger partial charge in [-0.2, -0.15) is 0 Å². The second-order valence-corrected chi connectivity index (χ2v) is 10.7. The molecule has 0 saturated carbocycles. The number of nitrogens with zero attached hydrogens (tertiary/aromatic N) is 7. The van der Waals surface area contributed by atoms with Crippen LogP contribution in [0.5, 0.6) is 0 Å². The van der Waals surface area contributed by atoms with E-state index in [4.69, 9.17) is 21.1 Å². The number of carbonyl (C=O) groups excluding carboxylic acids is 2. The first kappa shape index (κ1) is 27.6. The Bertz CT molecular complexity index is 1320. The van der Waals surface area contributed by atoms with Gasteiger partial charge in [0, 0.05) is 69.7 Å². The lowest BCUT2D eigenvalue weighted by atomic mass is 10.1. The molecule has 0 radical (unpaired) electrons. The van der Waals surface area contributed by atoms with Crippen molar-refractivity contribution >= 4 is 46.1 Å². The molecule has 1 atom stereocenters. The summed E-state index contributed by atoms with van der Waals surface area (Å²) in [4.78, 5) is 44.7. The number of carbonyl (C=O) groups is 2. The van der Waals surface area contributed by atoms with Crippen LogP contribution in [0.2, 0.25) is 5.02 Å². The quantitative estimate of drug-likeness (QED) is 0.460. The molecule has 0 spiro atoms. The minimum atomic E-state index is -0.569. The van der Waals surface area contributed by atoms with Gasteiger partial charge in [-0.15, -0.1) is 0 Å². The number of amides is 2. The van der Waals surface area contributed by atoms with Crippen molar-refractivity contribution in [1.82, 2.24) is 24.4 Å². The first-order chi connectivity index (χ1) is 18.0. The van der Waals surface area contributed by atoms with E-state index in [9.17, 15) is 9.59 Å². The van der Waals surface area contributed by atoms with Crippen molar-refractivity contribution in [3.8, 4) is 5.82 Å². The van der Waals surface area contributed by atoms with E-state index >= 15 is 0 Å². The Labute approximate surface area is 227 Å². The van der Waals surface area contributed by atoms with Gasteiger partial charge in [0.2, 0.25) is 5.91 Å². The topological polar surface area (TPSA) is 106 Å². The Balaban J connectivity index is 1.79. The van der Waals surface area contributed by atoms with Gasteiger partial charge in [0.05, 0.1) is 17.7 Å². The Morgan fingerprint density at radius 3 is 2.61 bits per heavy atom. The largest absolute Gasteiger partial charge is 0.444 e. The van der Waals surface area contributed by atoms with Gasteiger partial charge in [-0.3, -0.25) is 9.36 Å². The smallest absolute Gasteiger partial charge is 0.410 e. The lowest BCUT2D eigenvalue weighted by Gasteiger charge is -2.41. The third-order valence-corrected chi connectivity index (χ3v) is 6.47. The molecule has 2 amide bonds. The summed E-state index contributed by atoms with van der Waals surface area (Å²) in [5.74, 6) is 1.10. The fourth-order valence-electron chi connectivity index (χ4n) is 4.54. The Morgan fingerprint density at radius 1 is 1.21 bits per heavy atom. The minimum Gasteiger partial charge on any atom is -0.444 e. The number of halogens is 1. The summed E-state index contributed by atoms with van der Waals surface area (Å²) in [6, 6.07) is 3.37. The normalized spacial score (nSPS) is 16.1. The second kappa shape index (κ2) is 11.1. The maximum absolute atomic E-state index is 12.8. The van der Waals surface area contributed by atoms with Gasteiger partial charge in [0.1, 0.15) is 23.6 Å². The summed E-state index contributed by atoms with van der Waals surface area (Å²) in [6.45, 7) is 11.3. The van der Waals surface area contributed by atoms with E-state index in [-0.39, 0.29) is 18.0 Å². The average molecular weight is 544 g/mol. The molecular formula is C26H34ClN7O4. The summed E-state index contributed by atoms with van der Waals surface area (Å²) < 4.78 is 12.7. The van der Waals surface area contributed by atoms with Gasteiger partial charge in [-0.25, -0.2) is 19.7 Å². The zero-order valence-electron chi connectivity index (χ0n) is 22.6. The van der Waals surface area contributed by atoms with E-state index in [2.05, 4.69) is 19.9 Å². The lowest BCUT2D eigenvalue weighted by molar-refractivity contribution is -0.116. The van der Waals surface area contributed by atoms with Gasteiger partial charge in [0.25, 0.3) is 0 Å². The standard InChI is InChI=1S/C26H34ClN7O4/c1-17-14-31(25(36)38-26(3,4)5)9-10-32(17)23-22-20(33(18(2)35)11-12-37-6)15-34(24(22)30-16-29-23)21-13-19(27)7-8-28-21/h7-8,13,15-17H,9-12,14H2,1-6H3. The Morgan fingerprint density at radius 2 is 1.97 bits per heavy atom. The van der Waals surface area contributed by atoms with E-state index in [1.54, 1.807) is 35.2 Å². The number of aromatic nitrogens is 4. The molecule has 3 aromatic heterocycles. The average Bonchev–Trinajstić information content (AvgIpc) is 3.23. The van der Waals surface area contributed by atoms with Crippen LogP contribution in [0.4, 0.5) is 16.3 Å². The van der Waals surface area contributed by atoms with Crippen molar-refractivity contribution in [3.05, 3.63) is 35.9 Å². The predicted molar refractivity (Wildman–Crippen MR) is 146 cm³/mol. The number of hydrogen-bond acceptors (Lipinski definition) is 8. The molecule has 1 fully saturated rings. The minimum absolute atomic E-state index is 0.0698.